The molecule has 2 amide bonds. The van der Waals surface area contributed by atoms with Crippen LogP contribution in [0.15, 0.2) is 24.3 Å². The molecule has 1 unspecified atom stereocenters. The van der Waals surface area contributed by atoms with Gasteiger partial charge in [0.1, 0.15) is 5.54 Å². The molecule has 152 valence electrons. The minimum Gasteiger partial charge on any atom is -0.322 e. The molecule has 2 N–H and O–H groups in total. The van der Waals surface area contributed by atoms with E-state index in [1.54, 1.807) is 0 Å². The van der Waals surface area contributed by atoms with Gasteiger partial charge in [-0.3, -0.25) is 14.7 Å². The van der Waals surface area contributed by atoms with E-state index in [1.807, 2.05) is 41.0 Å². The molecule has 7 heteroatoms. The van der Waals surface area contributed by atoms with Gasteiger partial charge in [0.15, 0.2) is 5.69 Å². The standard InChI is InChI=1S/C22H27N5O2/c1-15-4-6-16(7-5-15)26-12-2-9-22(21(26)29)10-3-13-27(22)20(28)19-17-8-11-23-14-18(17)24-25-19/h4-7,23H,2-3,8-14H2,1H3,(H,24,25). The second kappa shape index (κ2) is 6.99. The van der Waals surface area contributed by atoms with Crippen LogP contribution in [0.4, 0.5) is 5.69 Å². The zero-order valence-electron chi connectivity index (χ0n) is 16.8. The summed E-state index contributed by atoms with van der Waals surface area (Å²) in [5.74, 6) is -0.0365. The van der Waals surface area contributed by atoms with Gasteiger partial charge in [-0.25, -0.2) is 0 Å². The van der Waals surface area contributed by atoms with E-state index >= 15 is 0 Å². The molecule has 2 fully saturated rings. The molecule has 3 aliphatic rings. The van der Waals surface area contributed by atoms with Crippen molar-refractivity contribution >= 4 is 17.5 Å². The minimum atomic E-state index is -0.737. The molecule has 1 atom stereocenters. The van der Waals surface area contributed by atoms with Crippen LogP contribution in [0.25, 0.3) is 0 Å². The van der Waals surface area contributed by atoms with Gasteiger partial charge in [-0.2, -0.15) is 5.10 Å². The lowest BCUT2D eigenvalue weighted by Gasteiger charge is -2.44. The molecule has 29 heavy (non-hydrogen) atoms. The second-order valence-electron chi connectivity index (χ2n) is 8.44. The van der Waals surface area contributed by atoms with Gasteiger partial charge in [0.05, 0.1) is 5.69 Å². The minimum absolute atomic E-state index is 0.0597. The predicted molar refractivity (Wildman–Crippen MR) is 110 cm³/mol. The Labute approximate surface area is 170 Å². The zero-order chi connectivity index (χ0) is 20.0. The third-order valence-corrected chi connectivity index (χ3v) is 6.70. The van der Waals surface area contributed by atoms with Gasteiger partial charge in [-0.15, -0.1) is 0 Å². The quantitative estimate of drug-likeness (QED) is 0.819. The normalized spacial score (nSPS) is 24.2. The molecule has 5 rings (SSSR count). The summed E-state index contributed by atoms with van der Waals surface area (Å²) in [4.78, 5) is 30.9. The monoisotopic (exact) mass is 393 g/mol. The predicted octanol–water partition coefficient (Wildman–Crippen LogP) is 2.17. The summed E-state index contributed by atoms with van der Waals surface area (Å²) in [7, 11) is 0. The maximum atomic E-state index is 13.7. The first-order valence-electron chi connectivity index (χ1n) is 10.6. The first-order valence-corrected chi connectivity index (χ1v) is 10.6. The molecule has 2 aromatic rings. The molecular formula is C22H27N5O2. The van der Waals surface area contributed by atoms with Crippen molar-refractivity contribution in [2.24, 2.45) is 0 Å². The fourth-order valence-electron chi connectivity index (χ4n) is 5.17. The molecule has 2 saturated heterocycles. The average Bonchev–Trinajstić information content (AvgIpc) is 3.36. The molecule has 1 aromatic heterocycles. The Balaban J connectivity index is 1.47. The summed E-state index contributed by atoms with van der Waals surface area (Å²) >= 11 is 0. The van der Waals surface area contributed by atoms with Gasteiger partial charge in [0.25, 0.3) is 11.8 Å². The number of nitrogens with one attached hydrogen (secondary N) is 2. The number of hydrogen-bond donors (Lipinski definition) is 2. The number of piperidine rings is 1. The number of carbonyl (C=O) groups excluding carboxylic acids is 2. The smallest absolute Gasteiger partial charge is 0.275 e. The highest BCUT2D eigenvalue weighted by Gasteiger charge is 2.53. The molecule has 3 aliphatic heterocycles. The molecule has 1 aromatic carbocycles. The van der Waals surface area contributed by atoms with Gasteiger partial charge in [0.2, 0.25) is 0 Å². The lowest BCUT2D eigenvalue weighted by Crippen LogP contribution is -2.61. The van der Waals surface area contributed by atoms with Crippen LogP contribution in [0.1, 0.15) is 53.0 Å². The Hall–Kier alpha value is -2.67. The number of carbonyl (C=O) groups is 2. The van der Waals surface area contributed by atoms with Crippen LogP contribution in [0.3, 0.4) is 0 Å². The van der Waals surface area contributed by atoms with Crippen LogP contribution < -0.4 is 10.2 Å². The first-order chi connectivity index (χ1) is 14.1. The highest BCUT2D eigenvalue weighted by atomic mass is 16.2. The number of benzene rings is 1. The van der Waals surface area contributed by atoms with Crippen molar-refractivity contribution in [3.63, 3.8) is 0 Å². The van der Waals surface area contributed by atoms with E-state index in [-0.39, 0.29) is 11.8 Å². The number of amides is 2. The Morgan fingerprint density at radius 3 is 2.69 bits per heavy atom. The number of aryl methyl sites for hydroxylation is 1. The van der Waals surface area contributed by atoms with Crippen LogP contribution >= 0.6 is 0 Å². The number of rotatable bonds is 2. The van der Waals surface area contributed by atoms with E-state index in [0.29, 0.717) is 25.3 Å². The fourth-order valence-corrected chi connectivity index (χ4v) is 5.17. The van der Waals surface area contributed by atoms with Crippen LogP contribution in [0.5, 0.6) is 0 Å². The number of likely N-dealkylation sites (tertiary alicyclic amines) is 1. The van der Waals surface area contributed by atoms with Gasteiger partial charge in [-0.05, 0) is 57.7 Å². The van der Waals surface area contributed by atoms with E-state index < -0.39 is 5.54 Å². The zero-order valence-corrected chi connectivity index (χ0v) is 16.8. The van der Waals surface area contributed by atoms with Crippen LogP contribution in [0.2, 0.25) is 0 Å². The highest BCUT2D eigenvalue weighted by Crippen LogP contribution is 2.40. The number of H-pyrrole nitrogens is 1. The van der Waals surface area contributed by atoms with Crippen molar-refractivity contribution in [2.45, 2.75) is 51.1 Å². The fraction of sp³-hybridized carbons (Fsp3) is 0.500. The highest BCUT2D eigenvalue weighted by molar-refractivity contribution is 6.06. The van der Waals surface area contributed by atoms with E-state index in [2.05, 4.69) is 15.5 Å². The van der Waals surface area contributed by atoms with Crippen molar-refractivity contribution in [3.05, 3.63) is 46.8 Å². The number of hydrogen-bond acceptors (Lipinski definition) is 4. The third-order valence-electron chi connectivity index (χ3n) is 6.70. The Kier molecular flexibility index (Phi) is 4.42. The summed E-state index contributed by atoms with van der Waals surface area (Å²) in [6.45, 7) is 4.92. The van der Waals surface area contributed by atoms with Gasteiger partial charge in [-0.1, -0.05) is 17.7 Å². The largest absolute Gasteiger partial charge is 0.322 e. The van der Waals surface area contributed by atoms with Crippen molar-refractivity contribution in [1.82, 2.24) is 20.4 Å². The molecule has 0 bridgehead atoms. The Morgan fingerprint density at radius 2 is 1.90 bits per heavy atom. The maximum absolute atomic E-state index is 13.7. The average molecular weight is 393 g/mol. The number of anilines is 1. The molecule has 0 saturated carbocycles. The number of aromatic nitrogens is 2. The first kappa shape index (κ1) is 18.4. The van der Waals surface area contributed by atoms with E-state index in [0.717, 1.165) is 55.6 Å². The summed E-state index contributed by atoms with van der Waals surface area (Å²) in [6.07, 6.45) is 4.00. The van der Waals surface area contributed by atoms with Crippen LogP contribution in [-0.4, -0.2) is 52.1 Å². The van der Waals surface area contributed by atoms with Crippen molar-refractivity contribution in [1.29, 1.82) is 0 Å². The molecular weight excluding hydrogens is 366 g/mol. The van der Waals surface area contributed by atoms with Crippen LogP contribution in [-0.2, 0) is 17.8 Å². The second-order valence-corrected chi connectivity index (χ2v) is 8.44. The topological polar surface area (TPSA) is 81.3 Å². The van der Waals surface area contributed by atoms with Crippen molar-refractivity contribution in [2.75, 3.05) is 24.5 Å². The molecule has 7 nitrogen and oxygen atoms in total. The molecule has 1 spiro atoms. The van der Waals surface area contributed by atoms with Gasteiger partial charge < -0.3 is 15.1 Å². The molecule has 0 aliphatic carbocycles. The van der Waals surface area contributed by atoms with Crippen molar-refractivity contribution in [3.8, 4) is 0 Å². The van der Waals surface area contributed by atoms with Crippen LogP contribution in [0, 0.1) is 6.92 Å². The van der Waals surface area contributed by atoms with E-state index in [9.17, 15) is 9.59 Å². The summed E-state index contributed by atoms with van der Waals surface area (Å²) in [5, 5.41) is 10.7. The SMILES string of the molecule is Cc1ccc(N2CCCC3(CCCN3C(=O)c3n[nH]c4c3CCNC4)C2=O)cc1. The maximum Gasteiger partial charge on any atom is 0.275 e. The molecule has 4 heterocycles. The number of nitrogens with zero attached hydrogens (tertiary/aromatic N) is 3. The van der Waals surface area contributed by atoms with Gasteiger partial charge in [0, 0.05) is 30.9 Å². The Bertz CT molecular complexity index is 951. The van der Waals surface area contributed by atoms with Crippen molar-refractivity contribution < 1.29 is 9.59 Å². The lowest BCUT2D eigenvalue weighted by atomic mass is 9.84. The van der Waals surface area contributed by atoms with Gasteiger partial charge >= 0.3 is 0 Å². The lowest BCUT2D eigenvalue weighted by molar-refractivity contribution is -0.130. The summed E-state index contributed by atoms with van der Waals surface area (Å²) in [5.41, 5.74) is 3.85. The molecule has 0 radical (unpaired) electrons. The third kappa shape index (κ3) is 2.87. The number of aromatic amines is 1. The summed E-state index contributed by atoms with van der Waals surface area (Å²) < 4.78 is 0. The summed E-state index contributed by atoms with van der Waals surface area (Å²) in [6, 6.07) is 8.08. The van der Waals surface area contributed by atoms with E-state index in [4.69, 9.17) is 0 Å². The Morgan fingerprint density at radius 1 is 1.14 bits per heavy atom. The van der Waals surface area contributed by atoms with E-state index in [1.165, 1.54) is 5.56 Å². The number of fused-ring (bicyclic) bond motifs is 1.